The number of rotatable bonds is 6. The van der Waals surface area contributed by atoms with Crippen molar-refractivity contribution in [2.24, 2.45) is 5.16 Å². The zero-order chi connectivity index (χ0) is 12.0. The molecule has 1 atom stereocenters. The van der Waals surface area contributed by atoms with Crippen molar-refractivity contribution in [1.82, 2.24) is 4.90 Å². The fourth-order valence-corrected chi connectivity index (χ4v) is 2.32. The largest absolute Gasteiger partial charge is 0.377 e. The van der Waals surface area contributed by atoms with Crippen molar-refractivity contribution in [2.45, 2.75) is 27.0 Å². The minimum Gasteiger partial charge on any atom is -0.377 e. The summed E-state index contributed by atoms with van der Waals surface area (Å²) in [6.07, 6.45) is 1.65. The van der Waals surface area contributed by atoms with E-state index >= 15 is 0 Å². The Morgan fingerprint density at radius 1 is 1.56 bits per heavy atom. The molecule has 16 heavy (non-hydrogen) atoms. The van der Waals surface area contributed by atoms with Crippen LogP contribution < -0.4 is 0 Å². The maximum Gasteiger partial charge on any atom is 0.178 e. The van der Waals surface area contributed by atoms with Gasteiger partial charge in [0.05, 0.1) is 16.1 Å². The summed E-state index contributed by atoms with van der Waals surface area (Å²) >= 11 is 7.47. The molecule has 0 radical (unpaired) electrons. The van der Waals surface area contributed by atoms with Crippen LogP contribution in [0.3, 0.4) is 0 Å². The maximum absolute atomic E-state index is 5.93. The molecule has 0 saturated carbocycles. The average Bonchev–Trinajstić information content (AvgIpc) is 2.66. The summed E-state index contributed by atoms with van der Waals surface area (Å²) in [6.45, 7) is 8.09. The maximum atomic E-state index is 5.93. The second-order valence-electron chi connectivity index (χ2n) is 3.29. The van der Waals surface area contributed by atoms with Crippen LogP contribution >= 0.6 is 22.9 Å². The molecule has 1 unspecified atom stereocenters. The van der Waals surface area contributed by atoms with Crippen LogP contribution in [0.2, 0.25) is 5.02 Å². The zero-order valence-electron chi connectivity index (χ0n) is 9.81. The molecule has 0 aliphatic carbocycles. The molecule has 0 N–H and O–H groups in total. The zero-order valence-corrected chi connectivity index (χ0v) is 11.4. The molecule has 0 fully saturated rings. The molecule has 0 aliphatic heterocycles. The van der Waals surface area contributed by atoms with Crippen molar-refractivity contribution in [3.63, 3.8) is 0 Å². The van der Waals surface area contributed by atoms with Gasteiger partial charge >= 0.3 is 0 Å². The van der Waals surface area contributed by atoms with Crippen LogP contribution in [0, 0.1) is 0 Å². The Bertz CT molecular complexity index is 336. The summed E-state index contributed by atoms with van der Waals surface area (Å²) in [5.41, 5.74) is 0. The molecule has 0 bridgehead atoms. The highest BCUT2D eigenvalue weighted by Crippen LogP contribution is 2.19. The van der Waals surface area contributed by atoms with Gasteiger partial charge in [-0.3, -0.25) is 4.90 Å². The number of oxime groups is 1. The number of halogens is 1. The van der Waals surface area contributed by atoms with Crippen LogP contribution in [-0.4, -0.2) is 30.4 Å². The summed E-state index contributed by atoms with van der Waals surface area (Å²) in [7, 11) is 0. The van der Waals surface area contributed by atoms with E-state index < -0.39 is 0 Å². The van der Waals surface area contributed by atoms with Gasteiger partial charge in [0.15, 0.2) is 6.23 Å². The first-order valence-electron chi connectivity index (χ1n) is 5.35. The lowest BCUT2D eigenvalue weighted by Gasteiger charge is -2.23. The van der Waals surface area contributed by atoms with Gasteiger partial charge in [-0.25, -0.2) is 0 Å². The van der Waals surface area contributed by atoms with E-state index in [4.69, 9.17) is 16.4 Å². The average molecular weight is 261 g/mol. The number of hydrogen-bond acceptors (Lipinski definition) is 4. The Kier molecular flexibility index (Phi) is 5.80. The van der Waals surface area contributed by atoms with Crippen molar-refractivity contribution < 1.29 is 4.84 Å². The molecule has 1 aromatic heterocycles. The molecule has 1 rings (SSSR count). The number of hydrogen-bond donors (Lipinski definition) is 0. The summed E-state index contributed by atoms with van der Waals surface area (Å²) in [6, 6.07) is 1.85. The van der Waals surface area contributed by atoms with Gasteiger partial charge in [0.1, 0.15) is 0 Å². The summed E-state index contributed by atoms with van der Waals surface area (Å²) in [4.78, 5) is 8.46. The molecule has 0 spiro atoms. The standard InChI is InChI=1S/C11H17ClN2OS/c1-4-14(5-2)9(3)15-13-8-11-10(12)6-7-16-11/h6-9H,4-5H2,1-3H3. The third-order valence-corrected chi connectivity index (χ3v) is 3.65. The fraction of sp³-hybridized carbons (Fsp3) is 0.545. The molecule has 90 valence electrons. The first-order chi connectivity index (χ1) is 7.69. The van der Waals surface area contributed by atoms with Crippen molar-refractivity contribution >= 4 is 29.2 Å². The first-order valence-corrected chi connectivity index (χ1v) is 6.61. The summed E-state index contributed by atoms with van der Waals surface area (Å²) < 4.78 is 0. The third-order valence-electron chi connectivity index (χ3n) is 2.35. The number of nitrogens with zero attached hydrogens (tertiary/aromatic N) is 2. The minimum absolute atomic E-state index is 0.00927. The Labute approximate surface area is 106 Å². The molecule has 1 heterocycles. The number of thiophene rings is 1. The molecule has 0 aliphatic rings. The van der Waals surface area contributed by atoms with Gasteiger partial charge in [0.25, 0.3) is 0 Å². The van der Waals surface area contributed by atoms with Crippen LogP contribution in [0.15, 0.2) is 16.6 Å². The molecule has 3 nitrogen and oxygen atoms in total. The van der Waals surface area contributed by atoms with E-state index in [1.807, 2.05) is 18.4 Å². The van der Waals surface area contributed by atoms with Gasteiger partial charge in [0.2, 0.25) is 0 Å². The summed E-state index contributed by atoms with van der Waals surface area (Å²) in [5, 5.41) is 6.59. The first kappa shape index (κ1) is 13.5. The predicted octanol–water partition coefficient (Wildman–Crippen LogP) is 3.44. The monoisotopic (exact) mass is 260 g/mol. The predicted molar refractivity (Wildman–Crippen MR) is 70.4 cm³/mol. The Morgan fingerprint density at radius 2 is 2.25 bits per heavy atom. The van der Waals surface area contributed by atoms with Crippen LogP contribution in [0.1, 0.15) is 25.6 Å². The van der Waals surface area contributed by atoms with Crippen LogP contribution in [0.5, 0.6) is 0 Å². The lowest BCUT2D eigenvalue weighted by molar-refractivity contribution is -0.0398. The van der Waals surface area contributed by atoms with E-state index in [2.05, 4.69) is 23.9 Å². The molecule has 1 aromatic rings. The van der Waals surface area contributed by atoms with E-state index in [0.29, 0.717) is 5.02 Å². The smallest absolute Gasteiger partial charge is 0.178 e. The molecular formula is C11H17ClN2OS. The van der Waals surface area contributed by atoms with Gasteiger partial charge in [0, 0.05) is 0 Å². The Balaban J connectivity index is 2.45. The second kappa shape index (κ2) is 6.89. The van der Waals surface area contributed by atoms with Gasteiger partial charge in [-0.15, -0.1) is 11.3 Å². The topological polar surface area (TPSA) is 24.8 Å². The second-order valence-corrected chi connectivity index (χ2v) is 4.65. The molecule has 5 heteroatoms. The highest BCUT2D eigenvalue weighted by Gasteiger charge is 2.09. The highest BCUT2D eigenvalue weighted by atomic mass is 35.5. The SMILES string of the molecule is CCN(CC)C(C)ON=Cc1sccc1Cl. The molecular weight excluding hydrogens is 244 g/mol. The highest BCUT2D eigenvalue weighted by molar-refractivity contribution is 7.12. The van der Waals surface area contributed by atoms with Crippen LogP contribution in [0.4, 0.5) is 0 Å². The lowest BCUT2D eigenvalue weighted by Crippen LogP contribution is -2.33. The van der Waals surface area contributed by atoms with Crippen molar-refractivity contribution in [3.05, 3.63) is 21.3 Å². The van der Waals surface area contributed by atoms with E-state index in [0.717, 1.165) is 18.0 Å². The van der Waals surface area contributed by atoms with Crippen LogP contribution in [-0.2, 0) is 4.84 Å². The van der Waals surface area contributed by atoms with Crippen molar-refractivity contribution in [1.29, 1.82) is 0 Å². The van der Waals surface area contributed by atoms with Crippen molar-refractivity contribution in [3.8, 4) is 0 Å². The van der Waals surface area contributed by atoms with Crippen molar-refractivity contribution in [2.75, 3.05) is 13.1 Å². The third kappa shape index (κ3) is 3.77. The van der Waals surface area contributed by atoms with E-state index in [1.54, 1.807) is 17.6 Å². The summed E-state index contributed by atoms with van der Waals surface area (Å²) in [5.74, 6) is 0. The van der Waals surface area contributed by atoms with Gasteiger partial charge < -0.3 is 4.84 Å². The van der Waals surface area contributed by atoms with E-state index in [1.165, 1.54) is 0 Å². The minimum atomic E-state index is -0.00927. The van der Waals surface area contributed by atoms with Gasteiger partial charge in [-0.2, -0.15) is 0 Å². The molecule has 0 aromatic carbocycles. The quantitative estimate of drug-likeness (QED) is 0.445. The normalized spacial score (nSPS) is 13.6. The lowest BCUT2D eigenvalue weighted by atomic mass is 10.5. The van der Waals surface area contributed by atoms with E-state index in [-0.39, 0.29) is 6.23 Å². The van der Waals surface area contributed by atoms with Crippen LogP contribution in [0.25, 0.3) is 0 Å². The van der Waals surface area contributed by atoms with E-state index in [9.17, 15) is 0 Å². The van der Waals surface area contributed by atoms with Gasteiger partial charge in [-0.05, 0) is 31.5 Å². The fourth-order valence-electron chi connectivity index (χ4n) is 1.37. The Hall–Kier alpha value is -0.580. The van der Waals surface area contributed by atoms with Gasteiger partial charge in [-0.1, -0.05) is 30.6 Å². The molecule has 0 saturated heterocycles. The molecule has 0 amide bonds. The Morgan fingerprint density at radius 3 is 2.75 bits per heavy atom.